The molecule has 1 aromatic heterocycles. The van der Waals surface area contributed by atoms with Crippen molar-refractivity contribution in [3.8, 4) is 17.0 Å². The molecule has 3 rings (SSSR count). The largest absolute Gasteiger partial charge is 0.493 e. The Kier molecular flexibility index (Phi) is 7.38. The third-order valence-corrected chi connectivity index (χ3v) is 4.47. The average molecular weight is 405 g/mol. The van der Waals surface area contributed by atoms with Crippen molar-refractivity contribution in [2.75, 3.05) is 13.2 Å². The summed E-state index contributed by atoms with van der Waals surface area (Å²) in [5.41, 5.74) is 2.32. The lowest BCUT2D eigenvalue weighted by atomic mass is 10.1. The van der Waals surface area contributed by atoms with E-state index in [9.17, 15) is 9.59 Å². The van der Waals surface area contributed by atoms with Crippen LogP contribution >= 0.6 is 0 Å². The third-order valence-electron chi connectivity index (χ3n) is 4.47. The van der Waals surface area contributed by atoms with Crippen molar-refractivity contribution in [1.82, 2.24) is 15.1 Å². The van der Waals surface area contributed by atoms with E-state index in [1.807, 2.05) is 54.6 Å². The van der Waals surface area contributed by atoms with Crippen LogP contribution in [0.3, 0.4) is 0 Å². The fraction of sp³-hybridized carbons (Fsp3) is 0.292. The first kappa shape index (κ1) is 21.3. The summed E-state index contributed by atoms with van der Waals surface area (Å²) in [6, 6.07) is 20.6. The van der Waals surface area contributed by atoms with Crippen molar-refractivity contribution in [2.45, 2.75) is 26.8 Å². The Bertz CT molecular complexity index is 1010. The molecule has 0 spiro atoms. The van der Waals surface area contributed by atoms with Crippen molar-refractivity contribution in [3.63, 3.8) is 0 Å². The predicted octanol–water partition coefficient (Wildman–Crippen LogP) is 3.30. The molecule has 6 heteroatoms. The molecule has 0 bridgehead atoms. The van der Waals surface area contributed by atoms with Crippen molar-refractivity contribution in [1.29, 1.82) is 0 Å². The van der Waals surface area contributed by atoms with E-state index >= 15 is 0 Å². The first-order valence-electron chi connectivity index (χ1n) is 10.1. The molecule has 0 aliphatic heterocycles. The second kappa shape index (κ2) is 10.4. The Morgan fingerprint density at radius 1 is 1.03 bits per heavy atom. The zero-order valence-corrected chi connectivity index (χ0v) is 17.4. The van der Waals surface area contributed by atoms with E-state index in [1.54, 1.807) is 6.07 Å². The maximum Gasteiger partial charge on any atom is 0.267 e. The molecule has 1 heterocycles. The number of hydrogen-bond donors (Lipinski definition) is 1. The van der Waals surface area contributed by atoms with E-state index in [4.69, 9.17) is 4.74 Å². The van der Waals surface area contributed by atoms with Gasteiger partial charge in [0.15, 0.2) is 0 Å². The summed E-state index contributed by atoms with van der Waals surface area (Å²) >= 11 is 0. The predicted molar refractivity (Wildman–Crippen MR) is 117 cm³/mol. The van der Waals surface area contributed by atoms with Gasteiger partial charge in [-0.05, 0) is 48.2 Å². The van der Waals surface area contributed by atoms with Crippen molar-refractivity contribution in [3.05, 3.63) is 82.6 Å². The number of hydrogen-bond acceptors (Lipinski definition) is 4. The van der Waals surface area contributed by atoms with Gasteiger partial charge in [0, 0.05) is 18.2 Å². The summed E-state index contributed by atoms with van der Waals surface area (Å²) in [6.07, 6.45) is 0.736. The van der Waals surface area contributed by atoms with Crippen LogP contribution in [0.4, 0.5) is 0 Å². The maximum atomic E-state index is 12.2. The van der Waals surface area contributed by atoms with Gasteiger partial charge in [-0.25, -0.2) is 4.68 Å². The molecule has 0 saturated carbocycles. The molecule has 1 amide bonds. The Labute approximate surface area is 176 Å². The molecule has 1 N–H and O–H groups in total. The number of rotatable bonds is 9. The first-order chi connectivity index (χ1) is 14.5. The number of amides is 1. The van der Waals surface area contributed by atoms with Crippen LogP contribution in [0, 0.1) is 5.92 Å². The molecule has 30 heavy (non-hydrogen) atoms. The summed E-state index contributed by atoms with van der Waals surface area (Å²) in [7, 11) is 0. The minimum atomic E-state index is -0.311. The van der Waals surface area contributed by atoms with E-state index in [-0.39, 0.29) is 18.0 Å². The minimum absolute atomic E-state index is 0.114. The Morgan fingerprint density at radius 3 is 2.47 bits per heavy atom. The van der Waals surface area contributed by atoms with E-state index in [2.05, 4.69) is 24.3 Å². The van der Waals surface area contributed by atoms with Gasteiger partial charge in [0.05, 0.1) is 12.3 Å². The smallest absolute Gasteiger partial charge is 0.267 e. The van der Waals surface area contributed by atoms with E-state index < -0.39 is 0 Å². The van der Waals surface area contributed by atoms with Crippen LogP contribution in [0.2, 0.25) is 0 Å². The summed E-state index contributed by atoms with van der Waals surface area (Å²) < 4.78 is 6.89. The molecule has 0 fully saturated rings. The number of benzene rings is 2. The van der Waals surface area contributed by atoms with Crippen LogP contribution in [0.15, 0.2) is 71.5 Å². The molecule has 3 aromatic rings. The molecule has 0 aliphatic carbocycles. The molecule has 0 aliphatic rings. The highest BCUT2D eigenvalue weighted by Gasteiger charge is 2.08. The molecule has 2 aromatic carbocycles. The highest BCUT2D eigenvalue weighted by molar-refractivity contribution is 5.75. The topological polar surface area (TPSA) is 73.2 Å². The summed E-state index contributed by atoms with van der Waals surface area (Å²) in [4.78, 5) is 24.4. The lowest BCUT2D eigenvalue weighted by Crippen LogP contribution is -2.34. The molecular formula is C24H27N3O3. The average Bonchev–Trinajstić information content (AvgIpc) is 2.75. The van der Waals surface area contributed by atoms with E-state index in [0.29, 0.717) is 24.8 Å². The number of nitrogens with zero attached hydrogens (tertiary/aromatic N) is 2. The van der Waals surface area contributed by atoms with Gasteiger partial charge in [-0.3, -0.25) is 9.59 Å². The van der Waals surface area contributed by atoms with Gasteiger partial charge in [0.25, 0.3) is 5.56 Å². The Morgan fingerprint density at radius 2 is 1.77 bits per heavy atom. The fourth-order valence-corrected chi connectivity index (χ4v) is 2.88. The first-order valence-corrected chi connectivity index (χ1v) is 10.1. The van der Waals surface area contributed by atoms with Gasteiger partial charge in [-0.2, -0.15) is 5.10 Å². The van der Waals surface area contributed by atoms with Crippen LogP contribution < -0.4 is 15.6 Å². The molecule has 156 valence electrons. The minimum Gasteiger partial charge on any atom is -0.493 e. The third kappa shape index (κ3) is 6.30. The second-order valence-electron chi connectivity index (χ2n) is 7.53. The number of aromatic nitrogens is 2. The Hall–Kier alpha value is -3.41. The van der Waals surface area contributed by atoms with Gasteiger partial charge in [-0.1, -0.05) is 44.2 Å². The normalized spacial score (nSPS) is 10.8. The molecule has 6 nitrogen and oxygen atoms in total. The van der Waals surface area contributed by atoms with Crippen LogP contribution in [-0.2, 0) is 17.8 Å². The fourth-order valence-electron chi connectivity index (χ4n) is 2.88. The molecule has 0 saturated heterocycles. The summed E-state index contributed by atoms with van der Waals surface area (Å²) in [6.45, 7) is 5.24. The number of carbonyl (C=O) groups is 1. The number of nitrogens with one attached hydrogen (secondary N) is 1. The molecule has 0 unspecified atom stereocenters. The van der Waals surface area contributed by atoms with Gasteiger partial charge in [0.1, 0.15) is 12.3 Å². The summed E-state index contributed by atoms with van der Waals surface area (Å²) in [5.74, 6) is 1.00. The SMILES string of the molecule is CC(C)COc1ccc(-c2ccc(=O)n(CC(=O)NCCc3ccccc3)n2)cc1. The van der Waals surface area contributed by atoms with Crippen molar-refractivity contribution >= 4 is 5.91 Å². The zero-order valence-electron chi connectivity index (χ0n) is 17.4. The van der Waals surface area contributed by atoms with Crippen LogP contribution in [-0.4, -0.2) is 28.8 Å². The van der Waals surface area contributed by atoms with E-state index in [0.717, 1.165) is 23.3 Å². The van der Waals surface area contributed by atoms with Crippen LogP contribution in [0.1, 0.15) is 19.4 Å². The van der Waals surface area contributed by atoms with Crippen LogP contribution in [0.5, 0.6) is 5.75 Å². The number of carbonyl (C=O) groups excluding carboxylic acids is 1. The van der Waals surface area contributed by atoms with Gasteiger partial charge in [0.2, 0.25) is 5.91 Å². The van der Waals surface area contributed by atoms with Crippen molar-refractivity contribution in [2.24, 2.45) is 5.92 Å². The standard InChI is InChI=1S/C24H27N3O3/c1-18(2)17-30-21-10-8-20(9-11-21)22-12-13-24(29)27(26-22)16-23(28)25-15-14-19-6-4-3-5-7-19/h3-13,18H,14-17H2,1-2H3,(H,25,28). The highest BCUT2D eigenvalue weighted by Crippen LogP contribution is 2.20. The number of ether oxygens (including phenoxy) is 1. The molecule has 0 atom stereocenters. The molecule has 0 radical (unpaired) electrons. The Balaban J connectivity index is 1.60. The van der Waals surface area contributed by atoms with Gasteiger partial charge in [-0.15, -0.1) is 0 Å². The molecular weight excluding hydrogens is 378 g/mol. The van der Waals surface area contributed by atoms with E-state index in [1.165, 1.54) is 10.7 Å². The van der Waals surface area contributed by atoms with Gasteiger partial charge >= 0.3 is 0 Å². The maximum absolute atomic E-state index is 12.2. The van der Waals surface area contributed by atoms with Gasteiger partial charge < -0.3 is 10.1 Å². The van der Waals surface area contributed by atoms with Crippen LogP contribution in [0.25, 0.3) is 11.3 Å². The second-order valence-corrected chi connectivity index (χ2v) is 7.53. The highest BCUT2D eigenvalue weighted by atomic mass is 16.5. The quantitative estimate of drug-likeness (QED) is 0.593. The zero-order chi connectivity index (χ0) is 21.3. The van der Waals surface area contributed by atoms with Crippen molar-refractivity contribution < 1.29 is 9.53 Å². The summed E-state index contributed by atoms with van der Waals surface area (Å²) in [5, 5.41) is 7.20. The lowest BCUT2D eigenvalue weighted by molar-refractivity contribution is -0.121. The lowest BCUT2D eigenvalue weighted by Gasteiger charge is -2.10. The monoisotopic (exact) mass is 405 g/mol.